The van der Waals surface area contributed by atoms with Gasteiger partial charge in [-0.25, -0.2) is 4.79 Å². The average molecular weight is 318 g/mol. The van der Waals surface area contributed by atoms with Gasteiger partial charge in [0, 0.05) is 12.0 Å². The molecule has 0 spiro atoms. The molecule has 0 aliphatic heterocycles. The van der Waals surface area contributed by atoms with Crippen LogP contribution in [0.2, 0.25) is 0 Å². The minimum absolute atomic E-state index is 0.245. The second-order valence-corrected chi connectivity index (χ2v) is 5.27. The van der Waals surface area contributed by atoms with Crippen molar-refractivity contribution >= 4 is 17.3 Å². The lowest BCUT2D eigenvalue weighted by Crippen LogP contribution is -2.12. The minimum atomic E-state index is -0.956. The average Bonchev–Trinajstić information content (AvgIpc) is 2.89. The summed E-state index contributed by atoms with van der Waals surface area (Å²) < 4.78 is 20.9. The summed E-state index contributed by atoms with van der Waals surface area (Å²) >= 11 is 1.25. The van der Waals surface area contributed by atoms with E-state index in [4.69, 9.17) is 24.1 Å². The predicted octanol–water partition coefficient (Wildman–Crippen LogP) is 2.07. The van der Waals surface area contributed by atoms with Crippen LogP contribution in [0, 0.1) is 0 Å². The van der Waals surface area contributed by atoms with E-state index in [2.05, 4.69) is 0 Å². The molecule has 0 fully saturated rings. The van der Waals surface area contributed by atoms with Gasteiger partial charge in [0.1, 0.15) is 12.4 Å². The van der Waals surface area contributed by atoms with Crippen molar-refractivity contribution in [3.05, 3.63) is 15.8 Å². The fourth-order valence-corrected chi connectivity index (χ4v) is 2.41. The zero-order chi connectivity index (χ0) is 15.5. The summed E-state index contributed by atoms with van der Waals surface area (Å²) in [5.74, 6) is -0.536. The lowest BCUT2D eigenvalue weighted by atomic mass is 10.3. The van der Waals surface area contributed by atoms with Gasteiger partial charge in [-0.2, -0.15) is 0 Å². The van der Waals surface area contributed by atoms with E-state index in [1.165, 1.54) is 11.3 Å². The Morgan fingerprint density at radius 3 is 2.33 bits per heavy atom. The molecular formula is C14H22O6S. The van der Waals surface area contributed by atoms with E-state index < -0.39 is 5.97 Å². The Morgan fingerprint density at radius 1 is 1.14 bits per heavy atom. The summed E-state index contributed by atoms with van der Waals surface area (Å²) in [6, 6.07) is 1.78. The van der Waals surface area contributed by atoms with Crippen LogP contribution in [-0.2, 0) is 20.6 Å². The van der Waals surface area contributed by atoms with E-state index in [9.17, 15) is 4.79 Å². The molecule has 0 aromatic carbocycles. The number of aromatic carboxylic acids is 1. The molecule has 120 valence electrons. The molecule has 1 aromatic heterocycles. The van der Waals surface area contributed by atoms with E-state index in [-0.39, 0.29) is 4.88 Å². The molecule has 1 N–H and O–H groups in total. The summed E-state index contributed by atoms with van der Waals surface area (Å²) in [4.78, 5) is 12.3. The highest BCUT2D eigenvalue weighted by atomic mass is 32.1. The van der Waals surface area contributed by atoms with Crippen molar-refractivity contribution in [2.75, 3.05) is 46.8 Å². The standard InChI is InChI=1S/C14H22O6S/c1-3-11-10-12(13(21-11)14(15)16)20-9-8-19-7-6-18-5-4-17-2/h10H,3-9H2,1-2H3,(H,15,16). The van der Waals surface area contributed by atoms with E-state index >= 15 is 0 Å². The molecule has 0 bridgehead atoms. The fraction of sp³-hybridized carbons (Fsp3) is 0.643. The van der Waals surface area contributed by atoms with Crippen LogP contribution in [0.5, 0.6) is 5.75 Å². The van der Waals surface area contributed by atoms with E-state index in [0.29, 0.717) is 45.4 Å². The third-order valence-electron chi connectivity index (χ3n) is 2.58. The highest BCUT2D eigenvalue weighted by Gasteiger charge is 2.15. The highest BCUT2D eigenvalue weighted by molar-refractivity contribution is 7.14. The monoisotopic (exact) mass is 318 g/mol. The van der Waals surface area contributed by atoms with Gasteiger partial charge in [0.2, 0.25) is 0 Å². The SMILES string of the molecule is CCc1cc(OCCOCCOCCOC)c(C(=O)O)s1. The zero-order valence-corrected chi connectivity index (χ0v) is 13.2. The predicted molar refractivity (Wildman–Crippen MR) is 79.7 cm³/mol. The number of hydrogen-bond donors (Lipinski definition) is 1. The molecule has 0 saturated carbocycles. The Labute approximate surface area is 128 Å². The Kier molecular flexibility index (Phi) is 9.00. The first kappa shape index (κ1) is 17.9. The van der Waals surface area contributed by atoms with Crippen molar-refractivity contribution in [3.63, 3.8) is 0 Å². The molecule has 1 aromatic rings. The molecule has 0 unspecified atom stereocenters. The van der Waals surface area contributed by atoms with Crippen LogP contribution in [0.3, 0.4) is 0 Å². The second kappa shape index (κ2) is 10.6. The number of carboxylic acid groups (broad SMARTS) is 1. The molecule has 0 atom stereocenters. The number of carboxylic acids is 1. The lowest BCUT2D eigenvalue weighted by molar-refractivity contribution is 0.0179. The van der Waals surface area contributed by atoms with Gasteiger partial charge < -0.3 is 24.1 Å². The van der Waals surface area contributed by atoms with Crippen molar-refractivity contribution in [1.29, 1.82) is 0 Å². The first-order valence-electron chi connectivity index (χ1n) is 6.82. The van der Waals surface area contributed by atoms with Gasteiger partial charge in [-0.3, -0.25) is 0 Å². The summed E-state index contributed by atoms with van der Waals surface area (Å²) in [6.45, 7) is 4.78. The number of hydrogen-bond acceptors (Lipinski definition) is 6. The molecular weight excluding hydrogens is 296 g/mol. The quantitative estimate of drug-likeness (QED) is 0.595. The third-order valence-corrected chi connectivity index (χ3v) is 3.83. The summed E-state index contributed by atoms with van der Waals surface area (Å²) in [5.41, 5.74) is 0. The molecule has 1 rings (SSSR count). The number of ether oxygens (including phenoxy) is 4. The molecule has 7 heteroatoms. The van der Waals surface area contributed by atoms with Crippen molar-refractivity contribution < 1.29 is 28.8 Å². The first-order valence-corrected chi connectivity index (χ1v) is 7.63. The van der Waals surface area contributed by atoms with Crippen molar-refractivity contribution in [3.8, 4) is 5.75 Å². The Bertz CT molecular complexity index is 418. The van der Waals surface area contributed by atoms with Crippen LogP contribution in [0.4, 0.5) is 0 Å². The maximum absolute atomic E-state index is 11.1. The summed E-state index contributed by atoms with van der Waals surface area (Å²) in [7, 11) is 1.62. The number of thiophene rings is 1. The lowest BCUT2D eigenvalue weighted by Gasteiger charge is -2.07. The van der Waals surface area contributed by atoms with Crippen LogP contribution >= 0.6 is 11.3 Å². The van der Waals surface area contributed by atoms with E-state index in [1.807, 2.05) is 6.92 Å². The molecule has 6 nitrogen and oxygen atoms in total. The summed E-state index contributed by atoms with van der Waals surface area (Å²) in [5, 5.41) is 9.09. The molecule has 1 heterocycles. The Morgan fingerprint density at radius 2 is 1.76 bits per heavy atom. The molecule has 21 heavy (non-hydrogen) atoms. The molecule has 0 saturated heterocycles. The maximum atomic E-state index is 11.1. The Balaban J connectivity index is 2.18. The smallest absolute Gasteiger partial charge is 0.349 e. The number of aryl methyl sites for hydroxylation is 1. The third kappa shape index (κ3) is 6.90. The van der Waals surface area contributed by atoms with Crippen molar-refractivity contribution in [2.24, 2.45) is 0 Å². The van der Waals surface area contributed by atoms with Crippen LogP contribution < -0.4 is 4.74 Å². The van der Waals surface area contributed by atoms with E-state index in [0.717, 1.165) is 11.3 Å². The number of methoxy groups -OCH3 is 1. The van der Waals surface area contributed by atoms with E-state index in [1.54, 1.807) is 13.2 Å². The number of carbonyl (C=O) groups is 1. The zero-order valence-electron chi connectivity index (χ0n) is 12.4. The highest BCUT2D eigenvalue weighted by Crippen LogP contribution is 2.29. The molecule has 0 aliphatic rings. The summed E-state index contributed by atoms with van der Waals surface area (Å²) in [6.07, 6.45) is 0.795. The first-order chi connectivity index (χ1) is 10.2. The van der Waals surface area contributed by atoms with Crippen LogP contribution in [-0.4, -0.2) is 57.8 Å². The van der Waals surface area contributed by atoms with Gasteiger partial charge in [0.15, 0.2) is 4.88 Å². The van der Waals surface area contributed by atoms with Gasteiger partial charge in [-0.1, -0.05) is 6.92 Å². The number of rotatable bonds is 12. The van der Waals surface area contributed by atoms with Crippen LogP contribution in [0.15, 0.2) is 6.07 Å². The Hall–Kier alpha value is -1.15. The van der Waals surface area contributed by atoms with Gasteiger partial charge in [-0.05, 0) is 12.5 Å². The van der Waals surface area contributed by atoms with Crippen molar-refractivity contribution in [1.82, 2.24) is 0 Å². The maximum Gasteiger partial charge on any atom is 0.349 e. The largest absolute Gasteiger partial charge is 0.489 e. The van der Waals surface area contributed by atoms with Crippen molar-refractivity contribution in [2.45, 2.75) is 13.3 Å². The topological polar surface area (TPSA) is 74.2 Å². The molecule has 0 amide bonds. The molecule has 0 aliphatic carbocycles. The normalized spacial score (nSPS) is 10.8. The fourth-order valence-electron chi connectivity index (χ4n) is 1.53. The van der Waals surface area contributed by atoms with Gasteiger partial charge in [0.05, 0.1) is 33.0 Å². The van der Waals surface area contributed by atoms with Gasteiger partial charge >= 0.3 is 5.97 Å². The molecule has 0 radical (unpaired) electrons. The van der Waals surface area contributed by atoms with Crippen LogP contribution in [0.25, 0.3) is 0 Å². The van der Waals surface area contributed by atoms with Gasteiger partial charge in [-0.15, -0.1) is 11.3 Å². The van der Waals surface area contributed by atoms with Gasteiger partial charge in [0.25, 0.3) is 0 Å². The minimum Gasteiger partial charge on any atom is -0.489 e. The van der Waals surface area contributed by atoms with Crippen LogP contribution in [0.1, 0.15) is 21.5 Å². The second-order valence-electron chi connectivity index (χ2n) is 4.13.